The number of rotatable bonds is 6. The molecule has 0 bridgehead atoms. The smallest absolute Gasteiger partial charge is 0.341 e. The highest BCUT2D eigenvalue weighted by Crippen LogP contribution is 2.45. The lowest BCUT2D eigenvalue weighted by atomic mass is 9.96. The van der Waals surface area contributed by atoms with Gasteiger partial charge in [-0.2, -0.15) is 0 Å². The second kappa shape index (κ2) is 10.2. The Morgan fingerprint density at radius 2 is 1.76 bits per heavy atom. The molecule has 1 N–H and O–H groups in total. The Bertz CT molecular complexity index is 1530. The molecular weight excluding hydrogens is 504 g/mol. The maximum atomic E-state index is 12.9. The summed E-state index contributed by atoms with van der Waals surface area (Å²) in [5.74, 6) is -0.0169. The number of benzene rings is 2. The van der Waals surface area contributed by atoms with E-state index in [0.29, 0.717) is 21.5 Å². The van der Waals surface area contributed by atoms with Crippen LogP contribution in [0.2, 0.25) is 0 Å². The van der Waals surface area contributed by atoms with Gasteiger partial charge < -0.3 is 10.1 Å². The zero-order valence-corrected chi connectivity index (χ0v) is 22.1. The van der Waals surface area contributed by atoms with Crippen molar-refractivity contribution in [2.24, 2.45) is 0 Å². The molecule has 0 unspecified atom stereocenters. The minimum Gasteiger partial charge on any atom is -0.465 e. The number of ether oxygens (including phenoxy) is 1. The number of carbonyl (C=O) groups excluding carboxylic acids is 2. The SMILES string of the molecule is COC(=O)c1c(NC(=O)CCSc2nnc3c(n2)-c2cccc4cccc-3c24)sc2c1CCCCCC2. The van der Waals surface area contributed by atoms with Crippen LogP contribution in [-0.2, 0) is 22.4 Å². The minimum atomic E-state index is -0.378. The highest BCUT2D eigenvalue weighted by Gasteiger charge is 2.27. The molecule has 2 aliphatic rings. The fourth-order valence-corrected chi connectivity index (χ4v) is 7.24. The number of esters is 1. The first-order chi connectivity index (χ1) is 18.1. The first-order valence-electron chi connectivity index (χ1n) is 12.6. The summed E-state index contributed by atoms with van der Waals surface area (Å²) in [4.78, 5) is 31.4. The molecule has 4 aromatic rings. The Hall–Kier alpha value is -3.30. The molecule has 2 heterocycles. The molecule has 0 aliphatic heterocycles. The summed E-state index contributed by atoms with van der Waals surface area (Å²) in [6.45, 7) is 0. The number of carbonyl (C=O) groups is 2. The highest BCUT2D eigenvalue weighted by molar-refractivity contribution is 7.99. The number of nitrogens with zero attached hydrogens (tertiary/aromatic N) is 3. The van der Waals surface area contributed by atoms with E-state index in [1.807, 2.05) is 12.1 Å². The molecule has 0 saturated carbocycles. The first kappa shape index (κ1) is 24.1. The summed E-state index contributed by atoms with van der Waals surface area (Å²) in [6, 6.07) is 12.4. The molecule has 37 heavy (non-hydrogen) atoms. The van der Waals surface area contributed by atoms with Gasteiger partial charge in [-0.3, -0.25) is 4.79 Å². The standard InChI is InChI=1S/C28H26N4O3S2/c1-35-27(34)23-17-10-4-2-3-5-13-20(17)37-26(23)29-21(33)14-15-36-28-30-24-18-11-6-8-16-9-7-12-19(22(16)18)25(24)31-32-28/h6-9,11-12H,2-5,10,13-15H2,1H3,(H,29,33). The number of aryl methyl sites for hydroxylation is 1. The summed E-state index contributed by atoms with van der Waals surface area (Å²) in [7, 11) is 1.39. The maximum Gasteiger partial charge on any atom is 0.341 e. The van der Waals surface area contributed by atoms with Gasteiger partial charge in [0.1, 0.15) is 16.4 Å². The van der Waals surface area contributed by atoms with E-state index in [1.165, 1.54) is 41.5 Å². The molecule has 2 aromatic carbocycles. The summed E-state index contributed by atoms with van der Waals surface area (Å²) in [5, 5.41) is 15.3. The number of anilines is 1. The average molecular weight is 531 g/mol. The van der Waals surface area contributed by atoms with Crippen LogP contribution in [0.1, 0.15) is 52.9 Å². The maximum absolute atomic E-state index is 12.9. The van der Waals surface area contributed by atoms with Crippen LogP contribution in [0.25, 0.3) is 33.3 Å². The van der Waals surface area contributed by atoms with Gasteiger partial charge in [0.15, 0.2) is 0 Å². The van der Waals surface area contributed by atoms with Crippen molar-refractivity contribution in [2.75, 3.05) is 18.2 Å². The highest BCUT2D eigenvalue weighted by atomic mass is 32.2. The molecule has 9 heteroatoms. The molecule has 7 nitrogen and oxygen atoms in total. The van der Waals surface area contributed by atoms with Gasteiger partial charge in [-0.15, -0.1) is 21.5 Å². The van der Waals surface area contributed by atoms with Crippen LogP contribution in [0.3, 0.4) is 0 Å². The second-order valence-electron chi connectivity index (χ2n) is 9.26. The monoisotopic (exact) mass is 530 g/mol. The molecular formula is C28H26N4O3S2. The molecule has 2 aromatic heterocycles. The van der Waals surface area contributed by atoms with Crippen molar-refractivity contribution in [3.8, 4) is 22.5 Å². The summed E-state index contributed by atoms with van der Waals surface area (Å²) < 4.78 is 5.06. The molecule has 188 valence electrons. The number of thioether (sulfide) groups is 1. The van der Waals surface area contributed by atoms with E-state index >= 15 is 0 Å². The molecule has 2 aliphatic carbocycles. The van der Waals surface area contributed by atoms with Crippen molar-refractivity contribution < 1.29 is 14.3 Å². The van der Waals surface area contributed by atoms with Gasteiger partial charge in [0.2, 0.25) is 11.1 Å². The fourth-order valence-electron chi connectivity index (χ4n) is 5.23. The quantitative estimate of drug-likeness (QED) is 0.203. The predicted octanol–water partition coefficient (Wildman–Crippen LogP) is 6.30. The summed E-state index contributed by atoms with van der Waals surface area (Å²) in [5.41, 5.74) is 5.36. The second-order valence-corrected chi connectivity index (χ2v) is 11.4. The van der Waals surface area contributed by atoms with Crippen LogP contribution in [-0.4, -0.2) is 39.9 Å². The number of amides is 1. The number of thiophene rings is 1. The van der Waals surface area contributed by atoms with Crippen LogP contribution in [0.5, 0.6) is 0 Å². The van der Waals surface area contributed by atoms with Gasteiger partial charge in [-0.05, 0) is 36.6 Å². The first-order valence-corrected chi connectivity index (χ1v) is 14.4. The van der Waals surface area contributed by atoms with Crippen molar-refractivity contribution in [1.29, 1.82) is 0 Å². The normalized spacial score (nSPS) is 14.0. The van der Waals surface area contributed by atoms with Crippen molar-refractivity contribution in [3.05, 3.63) is 52.4 Å². The topological polar surface area (TPSA) is 94.1 Å². The van der Waals surface area contributed by atoms with Gasteiger partial charge in [0.05, 0.1) is 12.7 Å². The fraction of sp³-hybridized carbons (Fsp3) is 0.321. The van der Waals surface area contributed by atoms with E-state index in [0.717, 1.165) is 71.0 Å². The number of hydrogen-bond acceptors (Lipinski definition) is 8. The molecule has 0 saturated heterocycles. The van der Waals surface area contributed by atoms with Crippen molar-refractivity contribution in [2.45, 2.75) is 50.1 Å². The Morgan fingerprint density at radius 3 is 2.54 bits per heavy atom. The van der Waals surface area contributed by atoms with Crippen LogP contribution < -0.4 is 5.32 Å². The van der Waals surface area contributed by atoms with Crippen molar-refractivity contribution in [1.82, 2.24) is 15.2 Å². The third-order valence-electron chi connectivity index (χ3n) is 6.96. The van der Waals surface area contributed by atoms with Gasteiger partial charge in [0, 0.05) is 33.6 Å². The zero-order valence-electron chi connectivity index (χ0n) is 20.5. The van der Waals surface area contributed by atoms with Crippen molar-refractivity contribution >= 4 is 50.7 Å². The Labute approximate surface area is 223 Å². The van der Waals surface area contributed by atoms with Crippen LogP contribution in [0, 0.1) is 0 Å². The third-order valence-corrected chi connectivity index (χ3v) is 9.00. The molecule has 0 fully saturated rings. The summed E-state index contributed by atoms with van der Waals surface area (Å²) >= 11 is 2.92. The number of nitrogens with one attached hydrogen (secondary N) is 1. The van der Waals surface area contributed by atoms with E-state index in [1.54, 1.807) is 0 Å². The lowest BCUT2D eigenvalue weighted by Crippen LogP contribution is -2.15. The molecule has 0 radical (unpaired) electrons. The molecule has 0 spiro atoms. The number of methoxy groups -OCH3 is 1. The lowest BCUT2D eigenvalue weighted by Gasteiger charge is -2.11. The lowest BCUT2D eigenvalue weighted by molar-refractivity contribution is -0.115. The molecule has 0 atom stereocenters. The van der Waals surface area contributed by atoms with Crippen LogP contribution >= 0.6 is 23.1 Å². The van der Waals surface area contributed by atoms with Crippen LogP contribution in [0.15, 0.2) is 41.6 Å². The molecule has 6 rings (SSSR count). The summed E-state index contributed by atoms with van der Waals surface area (Å²) in [6.07, 6.45) is 6.57. The van der Waals surface area contributed by atoms with Gasteiger partial charge in [0.25, 0.3) is 0 Å². The van der Waals surface area contributed by atoms with E-state index in [2.05, 4.69) is 39.8 Å². The molecule has 1 amide bonds. The Balaban J connectivity index is 1.14. The van der Waals surface area contributed by atoms with E-state index in [-0.39, 0.29) is 18.3 Å². The predicted molar refractivity (Wildman–Crippen MR) is 147 cm³/mol. The Kier molecular flexibility index (Phi) is 6.65. The largest absolute Gasteiger partial charge is 0.465 e. The van der Waals surface area contributed by atoms with Gasteiger partial charge >= 0.3 is 5.97 Å². The average Bonchev–Trinajstić information content (AvgIpc) is 3.39. The van der Waals surface area contributed by atoms with E-state index < -0.39 is 0 Å². The number of hydrogen-bond donors (Lipinski definition) is 1. The minimum absolute atomic E-state index is 0.141. The Morgan fingerprint density at radius 1 is 1.00 bits per heavy atom. The van der Waals surface area contributed by atoms with E-state index in [9.17, 15) is 9.59 Å². The van der Waals surface area contributed by atoms with Gasteiger partial charge in [-0.25, -0.2) is 9.78 Å². The van der Waals surface area contributed by atoms with Crippen LogP contribution in [0.4, 0.5) is 5.00 Å². The van der Waals surface area contributed by atoms with Crippen molar-refractivity contribution in [3.63, 3.8) is 0 Å². The van der Waals surface area contributed by atoms with E-state index in [4.69, 9.17) is 9.72 Å². The number of fused-ring (bicyclic) bond motifs is 4. The van der Waals surface area contributed by atoms with Gasteiger partial charge in [-0.1, -0.05) is 61.0 Å². The third kappa shape index (κ3) is 4.51. The zero-order chi connectivity index (χ0) is 25.4. The number of aromatic nitrogens is 3.